The fraction of sp³-hybridized carbons (Fsp3) is 0.0909. The zero-order valence-electron chi connectivity index (χ0n) is 14.4. The molecule has 3 aromatic carbocycles. The van der Waals surface area contributed by atoms with E-state index in [4.69, 9.17) is 4.74 Å². The molecule has 0 spiro atoms. The summed E-state index contributed by atoms with van der Waals surface area (Å²) in [6.07, 6.45) is 0. The summed E-state index contributed by atoms with van der Waals surface area (Å²) >= 11 is 0. The Bertz CT molecular complexity index is 905. The molecule has 26 heavy (non-hydrogen) atoms. The number of carbonyl (C=O) groups is 2. The highest BCUT2D eigenvalue weighted by atomic mass is 16.5. The molecule has 0 aliphatic heterocycles. The van der Waals surface area contributed by atoms with E-state index in [9.17, 15) is 9.59 Å². The Labute approximate surface area is 152 Å². The molecule has 0 bridgehead atoms. The number of anilines is 1. The maximum atomic E-state index is 12.8. The third-order valence-corrected chi connectivity index (χ3v) is 3.84. The van der Waals surface area contributed by atoms with Gasteiger partial charge < -0.3 is 10.1 Å². The van der Waals surface area contributed by atoms with Crippen LogP contribution in [0.3, 0.4) is 0 Å². The number of rotatable bonds is 6. The van der Waals surface area contributed by atoms with Crippen molar-refractivity contribution in [1.29, 1.82) is 0 Å². The molecular weight excluding hydrogens is 326 g/mol. The summed E-state index contributed by atoms with van der Waals surface area (Å²) < 4.78 is 5.46. The van der Waals surface area contributed by atoms with E-state index in [1.807, 2.05) is 49.4 Å². The van der Waals surface area contributed by atoms with Gasteiger partial charge in [0.2, 0.25) is 0 Å². The highest BCUT2D eigenvalue weighted by molar-refractivity contribution is 6.14. The van der Waals surface area contributed by atoms with Crippen LogP contribution in [0.15, 0.2) is 78.9 Å². The normalized spacial score (nSPS) is 10.2. The Balaban J connectivity index is 1.75. The molecule has 1 N–H and O–H groups in total. The van der Waals surface area contributed by atoms with Crippen LogP contribution < -0.4 is 10.1 Å². The number of para-hydroxylation sites is 1. The standard InChI is InChI=1S/C22H19NO3/c1-16-12-13-19(22(25)17-8-4-2-5-9-17)20(14-16)23-21(24)15-26-18-10-6-3-7-11-18/h2-14H,15H2,1H3,(H,23,24). The van der Waals surface area contributed by atoms with Gasteiger partial charge in [-0.25, -0.2) is 0 Å². The number of amides is 1. The molecule has 0 heterocycles. The number of hydrogen-bond donors (Lipinski definition) is 1. The van der Waals surface area contributed by atoms with Crippen LogP contribution in [0.2, 0.25) is 0 Å². The number of hydrogen-bond acceptors (Lipinski definition) is 3. The number of nitrogens with one attached hydrogen (secondary N) is 1. The van der Waals surface area contributed by atoms with E-state index in [0.29, 0.717) is 22.6 Å². The molecule has 130 valence electrons. The van der Waals surface area contributed by atoms with Crippen molar-refractivity contribution in [3.63, 3.8) is 0 Å². The summed E-state index contributed by atoms with van der Waals surface area (Å²) in [5.74, 6) is 0.166. The average molecular weight is 345 g/mol. The molecule has 0 saturated carbocycles. The van der Waals surface area contributed by atoms with E-state index >= 15 is 0 Å². The van der Waals surface area contributed by atoms with Crippen molar-refractivity contribution >= 4 is 17.4 Å². The predicted octanol–water partition coefficient (Wildman–Crippen LogP) is 4.24. The molecule has 0 radical (unpaired) electrons. The molecule has 4 heteroatoms. The highest BCUT2D eigenvalue weighted by Gasteiger charge is 2.15. The largest absolute Gasteiger partial charge is 0.484 e. The average Bonchev–Trinajstić information content (AvgIpc) is 2.67. The van der Waals surface area contributed by atoms with Crippen LogP contribution in [0, 0.1) is 6.92 Å². The molecule has 1 amide bonds. The van der Waals surface area contributed by atoms with E-state index in [-0.39, 0.29) is 18.3 Å². The van der Waals surface area contributed by atoms with E-state index in [2.05, 4.69) is 5.32 Å². The fourth-order valence-corrected chi connectivity index (χ4v) is 2.56. The summed E-state index contributed by atoms with van der Waals surface area (Å²) in [7, 11) is 0. The summed E-state index contributed by atoms with van der Waals surface area (Å²) in [4.78, 5) is 25.0. The first-order valence-corrected chi connectivity index (χ1v) is 8.31. The van der Waals surface area contributed by atoms with Crippen molar-refractivity contribution in [2.45, 2.75) is 6.92 Å². The van der Waals surface area contributed by atoms with Crippen molar-refractivity contribution in [3.05, 3.63) is 95.6 Å². The summed E-state index contributed by atoms with van der Waals surface area (Å²) in [6, 6.07) is 23.5. The van der Waals surface area contributed by atoms with Gasteiger partial charge in [-0.05, 0) is 36.8 Å². The zero-order chi connectivity index (χ0) is 18.4. The van der Waals surface area contributed by atoms with Crippen LogP contribution in [0.25, 0.3) is 0 Å². The molecular formula is C22H19NO3. The highest BCUT2D eigenvalue weighted by Crippen LogP contribution is 2.21. The first-order valence-electron chi connectivity index (χ1n) is 8.31. The van der Waals surface area contributed by atoms with Crippen molar-refractivity contribution in [2.75, 3.05) is 11.9 Å². The Morgan fingerprint density at radius 2 is 1.54 bits per heavy atom. The maximum absolute atomic E-state index is 12.8. The van der Waals surface area contributed by atoms with E-state index in [1.54, 1.807) is 36.4 Å². The lowest BCUT2D eigenvalue weighted by Crippen LogP contribution is -2.21. The van der Waals surface area contributed by atoms with Crippen molar-refractivity contribution in [1.82, 2.24) is 0 Å². The van der Waals surface area contributed by atoms with Crippen molar-refractivity contribution in [3.8, 4) is 5.75 Å². The molecule has 0 aliphatic rings. The first-order chi connectivity index (χ1) is 12.6. The Kier molecular flexibility index (Phi) is 5.44. The van der Waals surface area contributed by atoms with Crippen molar-refractivity contribution in [2.24, 2.45) is 0 Å². The minimum Gasteiger partial charge on any atom is -0.484 e. The van der Waals surface area contributed by atoms with Gasteiger partial charge in [0.1, 0.15) is 5.75 Å². The number of carbonyl (C=O) groups excluding carboxylic acids is 2. The topological polar surface area (TPSA) is 55.4 Å². The van der Waals surface area contributed by atoms with Crippen LogP contribution in [0.1, 0.15) is 21.5 Å². The van der Waals surface area contributed by atoms with E-state index in [0.717, 1.165) is 5.56 Å². The van der Waals surface area contributed by atoms with Crippen LogP contribution in [-0.2, 0) is 4.79 Å². The predicted molar refractivity (Wildman–Crippen MR) is 102 cm³/mol. The Hall–Kier alpha value is -3.40. The molecule has 4 nitrogen and oxygen atoms in total. The summed E-state index contributed by atoms with van der Waals surface area (Å²) in [6.45, 7) is 1.78. The van der Waals surface area contributed by atoms with E-state index in [1.165, 1.54) is 0 Å². The Morgan fingerprint density at radius 3 is 2.23 bits per heavy atom. The molecule has 0 unspecified atom stereocenters. The van der Waals surface area contributed by atoms with Crippen LogP contribution in [-0.4, -0.2) is 18.3 Å². The van der Waals surface area contributed by atoms with Gasteiger partial charge in [-0.1, -0.05) is 54.6 Å². The summed E-state index contributed by atoms with van der Waals surface area (Å²) in [5.41, 5.74) is 2.47. The molecule has 3 rings (SSSR count). The van der Waals surface area contributed by atoms with Gasteiger partial charge in [0.25, 0.3) is 5.91 Å². The lowest BCUT2D eigenvalue weighted by Gasteiger charge is -2.12. The van der Waals surface area contributed by atoms with Gasteiger partial charge in [0, 0.05) is 11.1 Å². The van der Waals surface area contributed by atoms with Crippen LogP contribution in [0.5, 0.6) is 5.75 Å². The second kappa shape index (κ2) is 8.12. The molecule has 0 atom stereocenters. The van der Waals surface area contributed by atoms with Gasteiger partial charge in [-0.2, -0.15) is 0 Å². The monoisotopic (exact) mass is 345 g/mol. The van der Waals surface area contributed by atoms with Gasteiger partial charge in [0.15, 0.2) is 12.4 Å². The quantitative estimate of drug-likeness (QED) is 0.680. The minimum atomic E-state index is -0.318. The smallest absolute Gasteiger partial charge is 0.262 e. The third-order valence-electron chi connectivity index (χ3n) is 3.84. The number of ketones is 1. The second-order valence-corrected chi connectivity index (χ2v) is 5.89. The SMILES string of the molecule is Cc1ccc(C(=O)c2ccccc2)c(NC(=O)COc2ccccc2)c1. The minimum absolute atomic E-state index is 0.128. The molecule has 3 aromatic rings. The summed E-state index contributed by atoms with van der Waals surface area (Å²) in [5, 5.41) is 2.79. The van der Waals surface area contributed by atoms with Gasteiger partial charge in [0.05, 0.1) is 5.69 Å². The van der Waals surface area contributed by atoms with E-state index < -0.39 is 0 Å². The lowest BCUT2D eigenvalue weighted by molar-refractivity contribution is -0.118. The van der Waals surface area contributed by atoms with Gasteiger partial charge in [-0.3, -0.25) is 9.59 Å². The zero-order valence-corrected chi connectivity index (χ0v) is 14.4. The first kappa shape index (κ1) is 17.4. The molecule has 0 saturated heterocycles. The lowest BCUT2D eigenvalue weighted by atomic mass is 10.00. The third kappa shape index (κ3) is 4.36. The van der Waals surface area contributed by atoms with Crippen molar-refractivity contribution < 1.29 is 14.3 Å². The molecule has 0 aliphatic carbocycles. The second-order valence-electron chi connectivity index (χ2n) is 5.89. The number of benzene rings is 3. The number of ether oxygens (including phenoxy) is 1. The molecule has 0 aromatic heterocycles. The van der Waals surface area contributed by atoms with Crippen LogP contribution in [0.4, 0.5) is 5.69 Å². The molecule has 0 fully saturated rings. The number of aryl methyl sites for hydroxylation is 1. The van der Waals surface area contributed by atoms with Gasteiger partial charge >= 0.3 is 0 Å². The maximum Gasteiger partial charge on any atom is 0.262 e. The fourth-order valence-electron chi connectivity index (χ4n) is 2.56. The Morgan fingerprint density at radius 1 is 0.885 bits per heavy atom. The van der Waals surface area contributed by atoms with Gasteiger partial charge in [-0.15, -0.1) is 0 Å². The van der Waals surface area contributed by atoms with Crippen LogP contribution >= 0.6 is 0 Å².